The molecule has 1 aromatic heterocycles. The van der Waals surface area contributed by atoms with Gasteiger partial charge in [-0.15, -0.1) is 0 Å². The summed E-state index contributed by atoms with van der Waals surface area (Å²) < 4.78 is 15.6. The summed E-state index contributed by atoms with van der Waals surface area (Å²) in [6, 6.07) is 15.8. The van der Waals surface area contributed by atoms with Gasteiger partial charge in [0.05, 0.1) is 17.8 Å². The van der Waals surface area contributed by atoms with E-state index in [2.05, 4.69) is 11.4 Å². The van der Waals surface area contributed by atoms with Crippen LogP contribution in [0.3, 0.4) is 0 Å². The number of aryl methyl sites for hydroxylation is 1. The predicted molar refractivity (Wildman–Crippen MR) is 137 cm³/mol. The SMILES string of the molecule is Cc1cccc(C(=O)N2CCCN(CC(=O)Nc3c(C#N)c(C)c(C)n3-c3cccc(F)c3)CC2)c1. The van der Waals surface area contributed by atoms with Crippen molar-refractivity contribution in [2.24, 2.45) is 0 Å². The van der Waals surface area contributed by atoms with Crippen LogP contribution in [0, 0.1) is 37.9 Å². The van der Waals surface area contributed by atoms with E-state index in [1.165, 1.54) is 12.1 Å². The molecule has 0 saturated carbocycles. The summed E-state index contributed by atoms with van der Waals surface area (Å²) in [5, 5.41) is 12.7. The van der Waals surface area contributed by atoms with E-state index in [1.807, 2.05) is 54.8 Å². The number of nitrogens with zero attached hydrogens (tertiary/aromatic N) is 4. The highest BCUT2D eigenvalue weighted by atomic mass is 19.1. The maximum Gasteiger partial charge on any atom is 0.253 e. The van der Waals surface area contributed by atoms with Crippen molar-refractivity contribution >= 4 is 17.6 Å². The highest BCUT2D eigenvalue weighted by Gasteiger charge is 2.24. The number of carbonyl (C=O) groups is 2. The average Bonchev–Trinajstić information content (AvgIpc) is 2.98. The maximum atomic E-state index is 13.9. The molecule has 1 aliphatic heterocycles. The van der Waals surface area contributed by atoms with Gasteiger partial charge in [-0.2, -0.15) is 5.26 Å². The summed E-state index contributed by atoms with van der Waals surface area (Å²) in [7, 11) is 0. The summed E-state index contributed by atoms with van der Waals surface area (Å²) in [5.74, 6) is -0.319. The molecule has 0 atom stereocenters. The lowest BCUT2D eigenvalue weighted by Crippen LogP contribution is -2.38. The molecule has 3 aromatic rings. The second-order valence-electron chi connectivity index (χ2n) is 9.20. The van der Waals surface area contributed by atoms with E-state index in [-0.39, 0.29) is 18.4 Å². The van der Waals surface area contributed by atoms with Gasteiger partial charge in [0, 0.05) is 37.4 Å². The van der Waals surface area contributed by atoms with Crippen molar-refractivity contribution < 1.29 is 14.0 Å². The molecule has 2 heterocycles. The zero-order chi connectivity index (χ0) is 25.8. The van der Waals surface area contributed by atoms with Crippen LogP contribution in [-0.4, -0.2) is 58.9 Å². The lowest BCUT2D eigenvalue weighted by molar-refractivity contribution is -0.117. The Kier molecular flexibility index (Phi) is 7.51. The molecular weight excluding hydrogens is 457 g/mol. The number of hydrogen-bond acceptors (Lipinski definition) is 4. The van der Waals surface area contributed by atoms with Gasteiger partial charge in [0.25, 0.3) is 5.91 Å². The molecule has 4 rings (SSSR count). The third-order valence-corrected chi connectivity index (χ3v) is 6.66. The molecule has 0 bridgehead atoms. The van der Waals surface area contributed by atoms with Gasteiger partial charge in [0.15, 0.2) is 0 Å². The van der Waals surface area contributed by atoms with Crippen LogP contribution in [0.4, 0.5) is 10.2 Å². The first-order valence-corrected chi connectivity index (χ1v) is 12.0. The summed E-state index contributed by atoms with van der Waals surface area (Å²) in [6.07, 6.45) is 0.756. The van der Waals surface area contributed by atoms with Crippen LogP contribution >= 0.6 is 0 Å². The van der Waals surface area contributed by atoms with Gasteiger partial charge >= 0.3 is 0 Å². The molecule has 1 N–H and O–H groups in total. The Labute approximate surface area is 210 Å². The largest absolute Gasteiger partial charge is 0.337 e. The molecule has 0 spiro atoms. The Bertz CT molecular complexity index is 1340. The molecule has 1 aliphatic rings. The smallest absolute Gasteiger partial charge is 0.253 e. The molecule has 8 heteroatoms. The van der Waals surface area contributed by atoms with Crippen molar-refractivity contribution in [3.63, 3.8) is 0 Å². The molecule has 0 aliphatic carbocycles. The fourth-order valence-corrected chi connectivity index (χ4v) is 4.67. The van der Waals surface area contributed by atoms with Crippen molar-refractivity contribution in [1.82, 2.24) is 14.4 Å². The number of nitriles is 1. The van der Waals surface area contributed by atoms with E-state index in [0.717, 1.165) is 23.2 Å². The Morgan fingerprint density at radius 2 is 1.81 bits per heavy atom. The Morgan fingerprint density at radius 3 is 2.53 bits per heavy atom. The first-order chi connectivity index (χ1) is 17.3. The molecule has 0 unspecified atom stereocenters. The summed E-state index contributed by atoms with van der Waals surface area (Å²) in [5.41, 5.74) is 4.10. The van der Waals surface area contributed by atoms with E-state index in [1.54, 1.807) is 16.7 Å². The van der Waals surface area contributed by atoms with Crippen LogP contribution in [0.25, 0.3) is 5.69 Å². The van der Waals surface area contributed by atoms with Crippen LogP contribution in [0.15, 0.2) is 48.5 Å². The fourth-order valence-electron chi connectivity index (χ4n) is 4.67. The first-order valence-electron chi connectivity index (χ1n) is 12.0. The Morgan fingerprint density at radius 1 is 1.03 bits per heavy atom. The molecule has 0 radical (unpaired) electrons. The minimum atomic E-state index is -0.400. The minimum absolute atomic E-state index is 0.00235. The highest BCUT2D eigenvalue weighted by Crippen LogP contribution is 2.30. The van der Waals surface area contributed by atoms with Gasteiger partial charge in [-0.3, -0.25) is 19.1 Å². The maximum absolute atomic E-state index is 13.9. The van der Waals surface area contributed by atoms with Crippen LogP contribution in [0.5, 0.6) is 0 Å². The monoisotopic (exact) mass is 487 g/mol. The molecule has 186 valence electrons. The summed E-state index contributed by atoms with van der Waals surface area (Å²) in [4.78, 5) is 29.9. The number of benzene rings is 2. The minimum Gasteiger partial charge on any atom is -0.337 e. The number of amides is 2. The van der Waals surface area contributed by atoms with Crippen LogP contribution < -0.4 is 5.32 Å². The number of nitrogens with one attached hydrogen (secondary N) is 1. The van der Waals surface area contributed by atoms with Gasteiger partial charge in [-0.1, -0.05) is 23.8 Å². The number of halogens is 1. The predicted octanol–water partition coefficient (Wildman–Crippen LogP) is 4.20. The average molecular weight is 488 g/mol. The number of carbonyl (C=O) groups excluding carboxylic acids is 2. The molecule has 2 amide bonds. The fraction of sp³-hybridized carbons (Fsp3) is 0.321. The van der Waals surface area contributed by atoms with Crippen molar-refractivity contribution in [1.29, 1.82) is 5.26 Å². The van der Waals surface area contributed by atoms with E-state index in [4.69, 9.17) is 0 Å². The van der Waals surface area contributed by atoms with Crippen molar-refractivity contribution in [2.75, 3.05) is 38.0 Å². The van der Waals surface area contributed by atoms with Crippen LogP contribution in [0.1, 0.15) is 39.2 Å². The number of rotatable bonds is 5. The van der Waals surface area contributed by atoms with Gasteiger partial charge < -0.3 is 10.2 Å². The summed E-state index contributed by atoms with van der Waals surface area (Å²) in [6.45, 7) is 8.15. The van der Waals surface area contributed by atoms with Gasteiger partial charge in [-0.25, -0.2) is 4.39 Å². The van der Waals surface area contributed by atoms with Crippen molar-refractivity contribution in [2.45, 2.75) is 27.2 Å². The third-order valence-electron chi connectivity index (χ3n) is 6.66. The number of aromatic nitrogens is 1. The standard InChI is InChI=1S/C28H30FN5O2/c1-19-7-4-8-22(15-19)28(36)33-12-6-11-32(13-14-33)18-26(35)31-27-25(17-30)20(2)21(3)34(27)24-10-5-9-23(29)16-24/h4-5,7-10,15-16H,6,11-14,18H2,1-3H3,(H,31,35). The lowest BCUT2D eigenvalue weighted by Gasteiger charge is -2.22. The molecular formula is C28H30FN5O2. The highest BCUT2D eigenvalue weighted by molar-refractivity contribution is 5.95. The van der Waals surface area contributed by atoms with Gasteiger partial charge in [0.2, 0.25) is 5.91 Å². The van der Waals surface area contributed by atoms with E-state index >= 15 is 0 Å². The topological polar surface area (TPSA) is 81.4 Å². The lowest BCUT2D eigenvalue weighted by atomic mass is 10.1. The van der Waals surface area contributed by atoms with Crippen LogP contribution in [0.2, 0.25) is 0 Å². The quantitative estimate of drug-likeness (QED) is 0.585. The van der Waals surface area contributed by atoms with Crippen LogP contribution in [-0.2, 0) is 4.79 Å². The van der Waals surface area contributed by atoms with Crippen molar-refractivity contribution in [3.05, 3.63) is 82.3 Å². The molecule has 7 nitrogen and oxygen atoms in total. The Balaban J connectivity index is 1.46. The first kappa shape index (κ1) is 25.1. The molecule has 1 fully saturated rings. The van der Waals surface area contributed by atoms with E-state index in [9.17, 15) is 19.2 Å². The summed E-state index contributed by atoms with van der Waals surface area (Å²) >= 11 is 0. The number of anilines is 1. The van der Waals surface area contributed by atoms with Gasteiger partial charge in [-0.05, 0) is 63.1 Å². The molecule has 36 heavy (non-hydrogen) atoms. The van der Waals surface area contributed by atoms with Crippen molar-refractivity contribution in [3.8, 4) is 11.8 Å². The molecule has 1 saturated heterocycles. The normalized spacial score (nSPS) is 14.2. The Hall–Kier alpha value is -3.96. The zero-order valence-corrected chi connectivity index (χ0v) is 20.8. The second-order valence-corrected chi connectivity index (χ2v) is 9.20. The third kappa shape index (κ3) is 5.31. The number of hydrogen-bond donors (Lipinski definition) is 1. The second kappa shape index (κ2) is 10.8. The molecule has 2 aromatic carbocycles. The zero-order valence-electron chi connectivity index (χ0n) is 20.8. The van der Waals surface area contributed by atoms with Gasteiger partial charge in [0.1, 0.15) is 17.7 Å². The van der Waals surface area contributed by atoms with E-state index in [0.29, 0.717) is 48.8 Å². The van der Waals surface area contributed by atoms with E-state index < -0.39 is 5.82 Å².